The van der Waals surface area contributed by atoms with E-state index < -0.39 is 0 Å². The van der Waals surface area contributed by atoms with Gasteiger partial charge in [-0.05, 0) is 50.6 Å². The lowest BCUT2D eigenvalue weighted by Gasteiger charge is -2.33. The predicted molar refractivity (Wildman–Crippen MR) is 109 cm³/mol. The van der Waals surface area contributed by atoms with E-state index >= 15 is 0 Å². The fraction of sp³-hybridized carbons (Fsp3) is 0.632. The number of benzene rings is 1. The number of carbonyl (C=O) groups is 1. The Morgan fingerprint density at radius 1 is 1.15 bits per heavy atom. The van der Waals surface area contributed by atoms with Crippen LogP contribution in [0.5, 0.6) is 0 Å². The second-order valence-corrected chi connectivity index (χ2v) is 7.61. The first-order chi connectivity index (χ1) is 12.5. The van der Waals surface area contributed by atoms with Crippen LogP contribution in [0.3, 0.4) is 0 Å². The largest absolute Gasteiger partial charge is 0.338 e. The van der Waals surface area contributed by atoms with E-state index in [1.807, 2.05) is 13.0 Å². The standard InChI is InChI=1S/C19H30Cl2N4O/c1-3-24-10-12-25(13-11-24)9-5-4-8-22-19(26)23-15(2)17-7-6-16(20)14-18(17)21/h6-7,14-15H,3-5,8-13H2,1-2H3,(H2,22,23,26). The van der Waals surface area contributed by atoms with Crippen molar-refractivity contribution in [2.24, 2.45) is 0 Å². The maximum atomic E-state index is 12.0. The average Bonchev–Trinajstić information content (AvgIpc) is 2.61. The molecule has 5 nitrogen and oxygen atoms in total. The number of nitrogens with one attached hydrogen (secondary N) is 2. The van der Waals surface area contributed by atoms with Gasteiger partial charge in [-0.1, -0.05) is 36.2 Å². The lowest BCUT2D eigenvalue weighted by Crippen LogP contribution is -2.46. The Balaban J connectivity index is 1.59. The van der Waals surface area contributed by atoms with E-state index in [1.54, 1.807) is 12.1 Å². The van der Waals surface area contributed by atoms with E-state index in [0.717, 1.165) is 44.6 Å². The maximum Gasteiger partial charge on any atom is 0.315 e. The summed E-state index contributed by atoms with van der Waals surface area (Å²) in [5.41, 5.74) is 0.859. The number of likely N-dealkylation sites (N-methyl/N-ethyl adjacent to an activating group) is 1. The third kappa shape index (κ3) is 6.95. The summed E-state index contributed by atoms with van der Waals surface area (Å²) in [5.74, 6) is 0. The van der Waals surface area contributed by atoms with Gasteiger partial charge in [-0.25, -0.2) is 4.79 Å². The summed E-state index contributed by atoms with van der Waals surface area (Å²) in [7, 11) is 0. The first kappa shape index (κ1) is 21.3. The Bertz CT molecular complexity index is 577. The van der Waals surface area contributed by atoms with Gasteiger partial charge in [0.1, 0.15) is 0 Å². The zero-order chi connectivity index (χ0) is 18.9. The lowest BCUT2D eigenvalue weighted by molar-refractivity contribution is 0.135. The molecule has 1 aromatic carbocycles. The highest BCUT2D eigenvalue weighted by Crippen LogP contribution is 2.25. The quantitative estimate of drug-likeness (QED) is 0.652. The Morgan fingerprint density at radius 2 is 1.85 bits per heavy atom. The summed E-state index contributed by atoms with van der Waals surface area (Å²) >= 11 is 12.1. The van der Waals surface area contributed by atoms with Crippen molar-refractivity contribution >= 4 is 29.2 Å². The average molecular weight is 401 g/mol. The van der Waals surface area contributed by atoms with Gasteiger partial charge >= 0.3 is 6.03 Å². The zero-order valence-electron chi connectivity index (χ0n) is 15.7. The first-order valence-corrected chi connectivity index (χ1v) is 10.2. The van der Waals surface area contributed by atoms with Crippen molar-refractivity contribution in [3.8, 4) is 0 Å². The van der Waals surface area contributed by atoms with Crippen LogP contribution in [0.25, 0.3) is 0 Å². The van der Waals surface area contributed by atoms with Crippen LogP contribution < -0.4 is 10.6 Å². The van der Waals surface area contributed by atoms with Crippen LogP contribution in [-0.2, 0) is 0 Å². The highest BCUT2D eigenvalue weighted by atomic mass is 35.5. The summed E-state index contributed by atoms with van der Waals surface area (Å²) in [6.45, 7) is 11.7. The Kier molecular flexibility index (Phi) is 8.99. The van der Waals surface area contributed by atoms with Crippen molar-refractivity contribution in [1.82, 2.24) is 20.4 Å². The molecule has 1 fully saturated rings. The summed E-state index contributed by atoms with van der Waals surface area (Å²) in [6, 6.07) is 4.97. The summed E-state index contributed by atoms with van der Waals surface area (Å²) in [5, 5.41) is 6.99. The summed E-state index contributed by atoms with van der Waals surface area (Å²) in [6.07, 6.45) is 2.09. The molecule has 7 heteroatoms. The van der Waals surface area contributed by atoms with Gasteiger partial charge in [-0.3, -0.25) is 0 Å². The molecule has 1 unspecified atom stereocenters. The third-order valence-corrected chi connectivity index (χ3v) is 5.44. The maximum absolute atomic E-state index is 12.0. The van der Waals surface area contributed by atoms with Gasteiger partial charge in [0.15, 0.2) is 0 Å². The normalized spacial score (nSPS) is 17.1. The van der Waals surface area contributed by atoms with Gasteiger partial charge < -0.3 is 20.4 Å². The molecular weight excluding hydrogens is 371 g/mol. The molecule has 1 heterocycles. The predicted octanol–water partition coefficient (Wildman–Crippen LogP) is 3.77. The molecule has 2 amide bonds. The van der Waals surface area contributed by atoms with Crippen LogP contribution >= 0.6 is 23.2 Å². The van der Waals surface area contributed by atoms with Crippen molar-refractivity contribution in [1.29, 1.82) is 0 Å². The topological polar surface area (TPSA) is 47.6 Å². The van der Waals surface area contributed by atoms with Crippen LogP contribution in [-0.4, -0.2) is 61.6 Å². The van der Waals surface area contributed by atoms with Crippen LogP contribution in [0.4, 0.5) is 4.79 Å². The SMILES string of the molecule is CCN1CCN(CCCCNC(=O)NC(C)c2ccc(Cl)cc2Cl)CC1. The van der Waals surface area contributed by atoms with Gasteiger partial charge in [0, 0.05) is 42.8 Å². The Labute approximate surface area is 167 Å². The Morgan fingerprint density at radius 3 is 2.50 bits per heavy atom. The molecule has 0 bridgehead atoms. The molecule has 1 aliphatic heterocycles. The van der Waals surface area contributed by atoms with Crippen LogP contribution in [0.15, 0.2) is 18.2 Å². The van der Waals surface area contributed by atoms with Gasteiger partial charge in [0.05, 0.1) is 6.04 Å². The number of rotatable bonds is 8. The van der Waals surface area contributed by atoms with E-state index in [0.29, 0.717) is 16.6 Å². The van der Waals surface area contributed by atoms with E-state index in [4.69, 9.17) is 23.2 Å². The molecule has 26 heavy (non-hydrogen) atoms. The molecule has 0 aliphatic carbocycles. The molecule has 0 radical (unpaired) electrons. The monoisotopic (exact) mass is 400 g/mol. The van der Waals surface area contributed by atoms with Crippen molar-refractivity contribution in [3.63, 3.8) is 0 Å². The molecule has 146 valence electrons. The van der Waals surface area contributed by atoms with Gasteiger partial charge in [-0.2, -0.15) is 0 Å². The number of piperazine rings is 1. The molecule has 0 saturated carbocycles. The van der Waals surface area contributed by atoms with Crippen LogP contribution in [0.1, 0.15) is 38.3 Å². The highest BCUT2D eigenvalue weighted by molar-refractivity contribution is 6.35. The molecule has 1 aromatic rings. The van der Waals surface area contributed by atoms with Crippen molar-refractivity contribution < 1.29 is 4.79 Å². The number of amides is 2. The molecule has 1 saturated heterocycles. The number of carbonyl (C=O) groups excluding carboxylic acids is 1. The molecule has 0 spiro atoms. The van der Waals surface area contributed by atoms with Crippen molar-refractivity contribution in [2.75, 3.05) is 45.8 Å². The lowest BCUT2D eigenvalue weighted by atomic mass is 10.1. The Hall–Kier alpha value is -1.01. The first-order valence-electron chi connectivity index (χ1n) is 9.43. The molecule has 2 rings (SSSR count). The van der Waals surface area contributed by atoms with E-state index in [-0.39, 0.29) is 12.1 Å². The van der Waals surface area contributed by atoms with Crippen molar-refractivity contribution in [3.05, 3.63) is 33.8 Å². The smallest absolute Gasteiger partial charge is 0.315 e. The second-order valence-electron chi connectivity index (χ2n) is 6.77. The molecule has 1 aliphatic rings. The molecule has 0 aromatic heterocycles. The molecule has 1 atom stereocenters. The van der Waals surface area contributed by atoms with Crippen LogP contribution in [0, 0.1) is 0 Å². The number of hydrogen-bond acceptors (Lipinski definition) is 3. The minimum atomic E-state index is -0.172. The number of nitrogens with zero attached hydrogens (tertiary/aromatic N) is 2. The second kappa shape index (κ2) is 11.0. The highest BCUT2D eigenvalue weighted by Gasteiger charge is 2.15. The minimum absolute atomic E-state index is 0.167. The van der Waals surface area contributed by atoms with Gasteiger partial charge in [0.25, 0.3) is 0 Å². The number of halogens is 2. The van der Waals surface area contributed by atoms with Gasteiger partial charge in [0.2, 0.25) is 0 Å². The number of urea groups is 1. The zero-order valence-corrected chi connectivity index (χ0v) is 17.2. The summed E-state index contributed by atoms with van der Waals surface area (Å²) in [4.78, 5) is 17.0. The van der Waals surface area contributed by atoms with Crippen LogP contribution in [0.2, 0.25) is 10.0 Å². The van der Waals surface area contributed by atoms with E-state index in [2.05, 4.69) is 27.4 Å². The minimum Gasteiger partial charge on any atom is -0.338 e. The van der Waals surface area contributed by atoms with Gasteiger partial charge in [-0.15, -0.1) is 0 Å². The van der Waals surface area contributed by atoms with E-state index in [9.17, 15) is 4.79 Å². The fourth-order valence-electron chi connectivity index (χ4n) is 3.17. The number of unbranched alkanes of at least 4 members (excludes halogenated alkanes) is 1. The van der Waals surface area contributed by atoms with Crippen molar-refractivity contribution in [2.45, 2.75) is 32.7 Å². The fourth-order valence-corrected chi connectivity index (χ4v) is 3.74. The van der Waals surface area contributed by atoms with E-state index in [1.165, 1.54) is 13.1 Å². The molecular formula is C19H30Cl2N4O. The molecule has 2 N–H and O–H groups in total. The number of hydrogen-bond donors (Lipinski definition) is 2. The third-order valence-electron chi connectivity index (χ3n) is 4.88. The summed E-state index contributed by atoms with van der Waals surface area (Å²) < 4.78 is 0.